The standard InChI is InChI=1S/C23H18O/c1-2-18-11-12-21-19-9-5-6-10-20(19)22(23(21)24-18)17-13-15-7-3-4-8-16(15)14-17/h3-13H,2,14H2,1H3. The zero-order valence-corrected chi connectivity index (χ0v) is 13.7. The third-order valence-electron chi connectivity index (χ3n) is 5.06. The Labute approximate surface area is 141 Å². The first-order valence-electron chi connectivity index (χ1n) is 8.57. The Morgan fingerprint density at radius 2 is 1.67 bits per heavy atom. The molecule has 0 N–H and O–H groups in total. The van der Waals surface area contributed by atoms with E-state index in [1.54, 1.807) is 0 Å². The Morgan fingerprint density at radius 1 is 0.875 bits per heavy atom. The van der Waals surface area contributed by atoms with Crippen molar-refractivity contribution < 1.29 is 4.42 Å². The van der Waals surface area contributed by atoms with Crippen LogP contribution in [0.3, 0.4) is 0 Å². The molecular weight excluding hydrogens is 292 g/mol. The van der Waals surface area contributed by atoms with Crippen LogP contribution in [0.15, 0.2) is 65.1 Å². The summed E-state index contributed by atoms with van der Waals surface area (Å²) in [5.41, 5.74) is 6.58. The number of rotatable bonds is 2. The Morgan fingerprint density at radius 3 is 2.50 bits per heavy atom. The molecule has 0 saturated heterocycles. The minimum atomic E-state index is 0.913. The van der Waals surface area contributed by atoms with Crippen LogP contribution in [-0.4, -0.2) is 0 Å². The molecule has 0 radical (unpaired) electrons. The highest BCUT2D eigenvalue weighted by Gasteiger charge is 2.25. The summed E-state index contributed by atoms with van der Waals surface area (Å²) >= 11 is 0. The lowest BCUT2D eigenvalue weighted by atomic mass is 10.0. The lowest BCUT2D eigenvalue weighted by molar-refractivity contribution is 0.513. The van der Waals surface area contributed by atoms with Gasteiger partial charge in [0.05, 0.1) is 0 Å². The van der Waals surface area contributed by atoms with Gasteiger partial charge in [0.25, 0.3) is 0 Å². The van der Waals surface area contributed by atoms with Gasteiger partial charge in [-0.1, -0.05) is 61.5 Å². The molecule has 0 saturated carbocycles. The molecule has 0 amide bonds. The van der Waals surface area contributed by atoms with Gasteiger partial charge in [-0.15, -0.1) is 0 Å². The van der Waals surface area contributed by atoms with Crippen molar-refractivity contribution in [1.82, 2.24) is 0 Å². The van der Waals surface area contributed by atoms with Crippen LogP contribution < -0.4 is 0 Å². The zero-order chi connectivity index (χ0) is 16.1. The van der Waals surface area contributed by atoms with Gasteiger partial charge in [-0.3, -0.25) is 0 Å². The largest absolute Gasteiger partial charge is 0.460 e. The van der Waals surface area contributed by atoms with Gasteiger partial charge in [0, 0.05) is 17.5 Å². The maximum atomic E-state index is 6.30. The van der Waals surface area contributed by atoms with Crippen LogP contribution in [0.25, 0.3) is 33.7 Å². The van der Waals surface area contributed by atoms with Crippen molar-refractivity contribution in [3.05, 3.63) is 83.1 Å². The minimum Gasteiger partial charge on any atom is -0.460 e. The molecule has 1 nitrogen and oxygen atoms in total. The molecule has 1 heterocycles. The van der Waals surface area contributed by atoms with E-state index in [-0.39, 0.29) is 0 Å². The summed E-state index contributed by atoms with van der Waals surface area (Å²) in [6.07, 6.45) is 4.21. The van der Waals surface area contributed by atoms with Gasteiger partial charge < -0.3 is 4.42 Å². The molecule has 0 fully saturated rings. The van der Waals surface area contributed by atoms with Crippen molar-refractivity contribution in [2.45, 2.75) is 19.8 Å². The first-order chi connectivity index (χ1) is 11.8. The lowest BCUT2D eigenvalue weighted by Crippen LogP contribution is -1.88. The van der Waals surface area contributed by atoms with E-state index in [1.165, 1.54) is 38.6 Å². The summed E-state index contributed by atoms with van der Waals surface area (Å²) in [6, 6.07) is 21.6. The van der Waals surface area contributed by atoms with E-state index in [9.17, 15) is 0 Å². The molecule has 116 valence electrons. The average molecular weight is 310 g/mol. The minimum absolute atomic E-state index is 0.913. The number of hydrogen-bond acceptors (Lipinski definition) is 1. The van der Waals surface area contributed by atoms with Crippen LogP contribution in [0, 0.1) is 0 Å². The van der Waals surface area contributed by atoms with E-state index in [2.05, 4.69) is 73.7 Å². The fraction of sp³-hybridized carbons (Fsp3) is 0.130. The second-order valence-electron chi connectivity index (χ2n) is 6.46. The Hall–Kier alpha value is -2.80. The molecule has 3 aliphatic rings. The van der Waals surface area contributed by atoms with Crippen LogP contribution in [0.4, 0.5) is 0 Å². The normalized spacial score (nSPS) is 13.5. The molecule has 2 aliphatic carbocycles. The van der Waals surface area contributed by atoms with E-state index >= 15 is 0 Å². The first-order valence-corrected chi connectivity index (χ1v) is 8.57. The second kappa shape index (κ2) is 5.10. The van der Waals surface area contributed by atoms with Crippen molar-refractivity contribution in [1.29, 1.82) is 0 Å². The van der Waals surface area contributed by atoms with Crippen LogP contribution >= 0.6 is 0 Å². The highest BCUT2D eigenvalue weighted by molar-refractivity contribution is 6.12. The topological polar surface area (TPSA) is 13.1 Å². The molecule has 5 rings (SSSR count). The number of allylic oxidation sites excluding steroid dienone is 1. The highest BCUT2D eigenvalue weighted by atomic mass is 16.3. The lowest BCUT2D eigenvalue weighted by Gasteiger charge is -2.07. The van der Waals surface area contributed by atoms with E-state index in [0.717, 1.165) is 24.4 Å². The van der Waals surface area contributed by atoms with Crippen molar-refractivity contribution in [2.24, 2.45) is 0 Å². The van der Waals surface area contributed by atoms with E-state index < -0.39 is 0 Å². The molecule has 1 aliphatic heterocycles. The van der Waals surface area contributed by atoms with Gasteiger partial charge in [0.15, 0.2) is 0 Å². The fourth-order valence-corrected chi connectivity index (χ4v) is 3.88. The van der Waals surface area contributed by atoms with Crippen LogP contribution in [0.1, 0.15) is 29.4 Å². The summed E-state index contributed by atoms with van der Waals surface area (Å²) < 4.78 is 6.30. The Balaban J connectivity index is 1.81. The number of fused-ring (bicyclic) bond motifs is 4. The highest BCUT2D eigenvalue weighted by Crippen LogP contribution is 2.46. The molecule has 0 unspecified atom stereocenters. The summed E-state index contributed by atoms with van der Waals surface area (Å²) in [5, 5.41) is 2.58. The molecule has 24 heavy (non-hydrogen) atoms. The van der Waals surface area contributed by atoms with Crippen molar-refractivity contribution in [3.63, 3.8) is 0 Å². The molecule has 0 spiro atoms. The van der Waals surface area contributed by atoms with Gasteiger partial charge in [-0.25, -0.2) is 0 Å². The molecule has 0 bridgehead atoms. The van der Waals surface area contributed by atoms with Gasteiger partial charge in [-0.2, -0.15) is 0 Å². The van der Waals surface area contributed by atoms with Gasteiger partial charge in [-0.05, 0) is 46.0 Å². The van der Waals surface area contributed by atoms with Gasteiger partial charge >= 0.3 is 0 Å². The predicted molar refractivity (Wildman–Crippen MR) is 100 cm³/mol. The zero-order valence-electron chi connectivity index (χ0n) is 13.7. The smallest absolute Gasteiger partial charge is 0.142 e. The second-order valence-corrected chi connectivity index (χ2v) is 6.46. The van der Waals surface area contributed by atoms with Crippen molar-refractivity contribution in [2.75, 3.05) is 0 Å². The van der Waals surface area contributed by atoms with Crippen LogP contribution in [-0.2, 0) is 12.8 Å². The quantitative estimate of drug-likeness (QED) is 0.430. The van der Waals surface area contributed by atoms with Gasteiger partial charge in [0.1, 0.15) is 11.5 Å². The Kier molecular flexibility index (Phi) is 2.90. The fourth-order valence-electron chi connectivity index (χ4n) is 3.88. The van der Waals surface area contributed by atoms with E-state index in [4.69, 9.17) is 4.42 Å². The van der Waals surface area contributed by atoms with Crippen molar-refractivity contribution >= 4 is 22.4 Å². The SMILES string of the molecule is CCc1ccc2c3ccccc3c(C3=Cc4ccccc4C3)c-2o1. The molecule has 1 heteroatoms. The number of benzene rings is 2. The maximum absolute atomic E-state index is 6.30. The monoisotopic (exact) mass is 310 g/mol. The van der Waals surface area contributed by atoms with Gasteiger partial charge in [0.2, 0.25) is 0 Å². The summed E-state index contributed by atoms with van der Waals surface area (Å²) in [5.74, 6) is 2.07. The Bertz CT molecular complexity index is 1060. The first kappa shape index (κ1) is 13.6. The third-order valence-corrected chi connectivity index (χ3v) is 5.06. The summed E-state index contributed by atoms with van der Waals surface area (Å²) in [6.45, 7) is 2.14. The number of hydrogen-bond donors (Lipinski definition) is 0. The third kappa shape index (κ3) is 1.88. The summed E-state index contributed by atoms with van der Waals surface area (Å²) in [4.78, 5) is 0. The van der Waals surface area contributed by atoms with E-state index in [0.29, 0.717) is 0 Å². The molecular formula is C23H18O. The molecule has 2 aromatic rings. The predicted octanol–water partition coefficient (Wildman–Crippen LogP) is 6.20. The van der Waals surface area contributed by atoms with Crippen LogP contribution in [0.2, 0.25) is 0 Å². The maximum Gasteiger partial charge on any atom is 0.142 e. The van der Waals surface area contributed by atoms with E-state index in [1.807, 2.05) is 0 Å². The average Bonchev–Trinajstić information content (AvgIpc) is 3.19. The molecule has 2 aromatic carbocycles. The number of aryl methyl sites for hydroxylation is 1. The van der Waals surface area contributed by atoms with Crippen molar-refractivity contribution in [3.8, 4) is 11.3 Å². The summed E-state index contributed by atoms with van der Waals surface area (Å²) in [7, 11) is 0. The van der Waals surface area contributed by atoms with Crippen LogP contribution in [0.5, 0.6) is 0 Å². The molecule has 0 atom stereocenters. The molecule has 0 aromatic heterocycles.